The molecule has 1 heterocycles. The number of benzene rings is 1. The van der Waals surface area contributed by atoms with E-state index in [4.69, 9.17) is 0 Å². The highest BCUT2D eigenvalue weighted by Gasteiger charge is 2.19. The molecule has 18 heavy (non-hydrogen) atoms. The van der Waals surface area contributed by atoms with Crippen molar-refractivity contribution in [2.75, 3.05) is 25.0 Å². The molecule has 0 atom stereocenters. The quantitative estimate of drug-likeness (QED) is 0.643. The predicted octanol–water partition coefficient (Wildman–Crippen LogP) is 2.62. The molecule has 5 nitrogen and oxygen atoms in total. The Morgan fingerprint density at radius 1 is 1.39 bits per heavy atom. The van der Waals surface area contributed by atoms with E-state index in [2.05, 4.69) is 10.2 Å². The number of nitro groups is 1. The third-order valence-corrected chi connectivity index (χ3v) is 3.27. The second-order valence-electron chi connectivity index (χ2n) is 4.58. The monoisotopic (exact) mass is 249 g/mol. The van der Waals surface area contributed by atoms with Gasteiger partial charge in [0.25, 0.3) is 5.69 Å². The lowest BCUT2D eigenvalue weighted by Crippen LogP contribution is -2.19. The van der Waals surface area contributed by atoms with Crippen LogP contribution >= 0.6 is 0 Å². The van der Waals surface area contributed by atoms with E-state index >= 15 is 0 Å². The summed E-state index contributed by atoms with van der Waals surface area (Å²) in [5, 5.41) is 14.2. The second kappa shape index (κ2) is 5.82. The number of para-hydroxylation sites is 1. The normalized spacial score (nSPS) is 15.8. The van der Waals surface area contributed by atoms with Gasteiger partial charge in [-0.2, -0.15) is 0 Å². The number of nitro benzene ring substituents is 1. The molecule has 1 N–H and O–H groups in total. The summed E-state index contributed by atoms with van der Waals surface area (Å²) < 4.78 is 0. The zero-order chi connectivity index (χ0) is 13.0. The Hall–Kier alpha value is -1.62. The lowest BCUT2D eigenvalue weighted by atomic mass is 10.1. The SMILES string of the molecule is CCNc1c(CN2CCCC2)cccc1[N+](=O)[O-]. The van der Waals surface area contributed by atoms with Crippen LogP contribution < -0.4 is 5.32 Å². The summed E-state index contributed by atoms with van der Waals surface area (Å²) in [5.41, 5.74) is 1.87. The van der Waals surface area contributed by atoms with Crippen LogP contribution in [0.25, 0.3) is 0 Å². The Kier molecular flexibility index (Phi) is 4.15. The maximum atomic E-state index is 11.0. The van der Waals surface area contributed by atoms with Gasteiger partial charge in [0, 0.05) is 19.2 Å². The molecule has 0 amide bonds. The van der Waals surface area contributed by atoms with Gasteiger partial charge >= 0.3 is 0 Å². The van der Waals surface area contributed by atoms with Crippen LogP contribution in [0.2, 0.25) is 0 Å². The number of likely N-dealkylation sites (tertiary alicyclic amines) is 1. The fourth-order valence-corrected chi connectivity index (χ4v) is 2.43. The first kappa shape index (κ1) is 12.8. The largest absolute Gasteiger partial charge is 0.380 e. The number of anilines is 1. The molecule has 1 aromatic rings. The molecule has 1 aromatic carbocycles. The number of nitrogens with one attached hydrogen (secondary N) is 1. The summed E-state index contributed by atoms with van der Waals surface area (Å²) in [6.07, 6.45) is 2.46. The zero-order valence-electron chi connectivity index (χ0n) is 10.7. The van der Waals surface area contributed by atoms with Crippen LogP contribution in [0.3, 0.4) is 0 Å². The molecular formula is C13H19N3O2. The zero-order valence-corrected chi connectivity index (χ0v) is 10.7. The number of hydrogen-bond donors (Lipinski definition) is 1. The van der Waals surface area contributed by atoms with E-state index in [0.717, 1.165) is 25.2 Å². The van der Waals surface area contributed by atoms with E-state index in [1.165, 1.54) is 12.8 Å². The molecule has 5 heteroatoms. The van der Waals surface area contributed by atoms with Crippen molar-refractivity contribution in [3.05, 3.63) is 33.9 Å². The Labute approximate surface area is 107 Å². The molecule has 0 spiro atoms. The molecule has 0 aromatic heterocycles. The summed E-state index contributed by atoms with van der Waals surface area (Å²) in [6.45, 7) is 5.63. The molecule has 0 radical (unpaired) electrons. The molecule has 1 saturated heterocycles. The van der Waals surface area contributed by atoms with Crippen molar-refractivity contribution in [2.45, 2.75) is 26.3 Å². The maximum Gasteiger partial charge on any atom is 0.292 e. The summed E-state index contributed by atoms with van der Waals surface area (Å²) in [7, 11) is 0. The molecule has 0 bridgehead atoms. The van der Waals surface area contributed by atoms with Crippen molar-refractivity contribution in [3.63, 3.8) is 0 Å². The van der Waals surface area contributed by atoms with E-state index in [9.17, 15) is 10.1 Å². The van der Waals surface area contributed by atoms with Crippen LogP contribution in [0, 0.1) is 10.1 Å². The third kappa shape index (κ3) is 2.79. The summed E-state index contributed by atoms with van der Waals surface area (Å²) in [4.78, 5) is 13.1. The van der Waals surface area contributed by atoms with Crippen LogP contribution in [0.4, 0.5) is 11.4 Å². The summed E-state index contributed by atoms with van der Waals surface area (Å²) in [5.74, 6) is 0. The average molecular weight is 249 g/mol. The smallest absolute Gasteiger partial charge is 0.292 e. The van der Waals surface area contributed by atoms with Crippen molar-refractivity contribution >= 4 is 11.4 Å². The minimum absolute atomic E-state index is 0.175. The van der Waals surface area contributed by atoms with Gasteiger partial charge in [-0.3, -0.25) is 15.0 Å². The molecular weight excluding hydrogens is 230 g/mol. The lowest BCUT2D eigenvalue weighted by molar-refractivity contribution is -0.384. The van der Waals surface area contributed by atoms with Gasteiger partial charge in [-0.05, 0) is 38.4 Å². The van der Waals surface area contributed by atoms with E-state index in [1.807, 2.05) is 13.0 Å². The fraction of sp³-hybridized carbons (Fsp3) is 0.538. The molecule has 1 fully saturated rings. The first-order valence-corrected chi connectivity index (χ1v) is 6.45. The van der Waals surface area contributed by atoms with E-state index in [1.54, 1.807) is 12.1 Å². The van der Waals surface area contributed by atoms with E-state index in [-0.39, 0.29) is 10.6 Å². The van der Waals surface area contributed by atoms with Gasteiger partial charge in [-0.1, -0.05) is 12.1 Å². The van der Waals surface area contributed by atoms with Crippen LogP contribution in [-0.2, 0) is 6.54 Å². The Balaban J connectivity index is 2.26. The topological polar surface area (TPSA) is 58.4 Å². The fourth-order valence-electron chi connectivity index (χ4n) is 2.43. The molecule has 98 valence electrons. The molecule has 1 aliphatic heterocycles. The second-order valence-corrected chi connectivity index (χ2v) is 4.58. The molecule has 2 rings (SSSR count). The third-order valence-electron chi connectivity index (χ3n) is 3.27. The van der Waals surface area contributed by atoms with Gasteiger partial charge in [0.2, 0.25) is 0 Å². The van der Waals surface area contributed by atoms with Gasteiger partial charge in [0.1, 0.15) is 5.69 Å². The Morgan fingerprint density at radius 3 is 2.72 bits per heavy atom. The van der Waals surface area contributed by atoms with Crippen molar-refractivity contribution in [1.29, 1.82) is 0 Å². The Bertz CT molecular complexity index is 428. The van der Waals surface area contributed by atoms with Gasteiger partial charge in [-0.25, -0.2) is 0 Å². The number of nitrogens with zero attached hydrogens (tertiary/aromatic N) is 2. The van der Waals surface area contributed by atoms with Gasteiger partial charge in [0.15, 0.2) is 0 Å². The standard InChI is InChI=1S/C13H19N3O2/c1-2-14-13-11(10-15-8-3-4-9-15)6-5-7-12(13)16(17)18/h5-7,14H,2-4,8-10H2,1H3. The predicted molar refractivity (Wildman–Crippen MR) is 71.8 cm³/mol. The molecule has 1 aliphatic rings. The van der Waals surface area contributed by atoms with Gasteiger partial charge in [-0.15, -0.1) is 0 Å². The molecule has 0 aliphatic carbocycles. The highest BCUT2D eigenvalue weighted by Crippen LogP contribution is 2.29. The van der Waals surface area contributed by atoms with Crippen molar-refractivity contribution in [3.8, 4) is 0 Å². The number of hydrogen-bond acceptors (Lipinski definition) is 4. The van der Waals surface area contributed by atoms with Gasteiger partial charge in [0.05, 0.1) is 4.92 Å². The van der Waals surface area contributed by atoms with Crippen molar-refractivity contribution in [2.24, 2.45) is 0 Å². The van der Waals surface area contributed by atoms with Crippen molar-refractivity contribution < 1.29 is 4.92 Å². The van der Waals surface area contributed by atoms with Crippen LogP contribution in [0.5, 0.6) is 0 Å². The van der Waals surface area contributed by atoms with Crippen molar-refractivity contribution in [1.82, 2.24) is 4.90 Å². The highest BCUT2D eigenvalue weighted by atomic mass is 16.6. The Morgan fingerprint density at radius 2 is 2.11 bits per heavy atom. The van der Waals surface area contributed by atoms with Gasteiger partial charge < -0.3 is 5.32 Å². The lowest BCUT2D eigenvalue weighted by Gasteiger charge is -2.17. The minimum atomic E-state index is -0.314. The number of rotatable bonds is 5. The van der Waals surface area contributed by atoms with E-state index < -0.39 is 0 Å². The molecule has 0 saturated carbocycles. The van der Waals surface area contributed by atoms with Crippen LogP contribution in [0.1, 0.15) is 25.3 Å². The summed E-state index contributed by atoms with van der Waals surface area (Å²) >= 11 is 0. The molecule has 0 unspecified atom stereocenters. The summed E-state index contributed by atoms with van der Waals surface area (Å²) in [6, 6.07) is 5.30. The van der Waals surface area contributed by atoms with Crippen LogP contribution in [0.15, 0.2) is 18.2 Å². The van der Waals surface area contributed by atoms with E-state index in [0.29, 0.717) is 12.2 Å². The first-order chi connectivity index (χ1) is 8.72. The minimum Gasteiger partial charge on any atom is -0.380 e. The highest BCUT2D eigenvalue weighted by molar-refractivity contribution is 5.66. The van der Waals surface area contributed by atoms with Crippen LogP contribution in [-0.4, -0.2) is 29.5 Å². The maximum absolute atomic E-state index is 11.0. The first-order valence-electron chi connectivity index (χ1n) is 6.45. The average Bonchev–Trinajstić information content (AvgIpc) is 2.84.